The van der Waals surface area contributed by atoms with Gasteiger partial charge in [0, 0.05) is 4.70 Å². The lowest BCUT2D eigenvalue weighted by Crippen LogP contribution is -1.83. The second-order valence-electron chi connectivity index (χ2n) is 2.81. The molecule has 3 heteroatoms. The van der Waals surface area contributed by atoms with Crippen LogP contribution in [0.5, 0.6) is 0 Å². The molecule has 0 aliphatic heterocycles. The van der Waals surface area contributed by atoms with Gasteiger partial charge in [-0.25, -0.2) is 0 Å². The maximum atomic E-state index is 8.87. The van der Waals surface area contributed by atoms with Crippen LogP contribution in [0, 0.1) is 18.3 Å². The molecular weight excluding hydrogens is 202 g/mol. The van der Waals surface area contributed by atoms with Crippen molar-refractivity contribution in [3.63, 3.8) is 0 Å². The summed E-state index contributed by atoms with van der Waals surface area (Å²) >= 11 is 7.59. The van der Waals surface area contributed by atoms with Gasteiger partial charge in [0.15, 0.2) is 0 Å². The predicted octanol–water partition coefficient (Wildman–Crippen LogP) is 3.73. The molecule has 0 saturated heterocycles. The third-order valence-electron chi connectivity index (χ3n) is 2.04. The van der Waals surface area contributed by atoms with Gasteiger partial charge in [-0.3, -0.25) is 0 Å². The van der Waals surface area contributed by atoms with E-state index in [1.807, 2.05) is 24.4 Å². The first-order valence-corrected chi connectivity index (χ1v) is 5.06. The molecule has 64 valence electrons. The summed E-state index contributed by atoms with van der Waals surface area (Å²) in [5.74, 6) is 0. The van der Waals surface area contributed by atoms with Crippen LogP contribution in [-0.2, 0) is 0 Å². The minimum absolute atomic E-state index is 0.547. The molecule has 13 heavy (non-hydrogen) atoms. The van der Waals surface area contributed by atoms with Crippen LogP contribution in [0.1, 0.15) is 11.1 Å². The molecule has 1 heterocycles. The fourth-order valence-electron chi connectivity index (χ4n) is 1.38. The van der Waals surface area contributed by atoms with Crippen LogP contribution in [0.4, 0.5) is 0 Å². The van der Waals surface area contributed by atoms with Crippen molar-refractivity contribution in [2.24, 2.45) is 0 Å². The first kappa shape index (κ1) is 8.55. The van der Waals surface area contributed by atoms with Gasteiger partial charge in [-0.2, -0.15) is 5.26 Å². The van der Waals surface area contributed by atoms with Gasteiger partial charge in [-0.05, 0) is 35.4 Å². The van der Waals surface area contributed by atoms with Crippen molar-refractivity contribution in [1.82, 2.24) is 0 Å². The van der Waals surface area contributed by atoms with Crippen molar-refractivity contribution in [2.45, 2.75) is 6.92 Å². The van der Waals surface area contributed by atoms with Gasteiger partial charge in [0.05, 0.1) is 10.6 Å². The molecule has 1 nitrogen and oxygen atoms in total. The molecule has 1 aromatic carbocycles. The van der Waals surface area contributed by atoms with E-state index in [2.05, 4.69) is 6.07 Å². The number of thiophene rings is 1. The van der Waals surface area contributed by atoms with Crippen molar-refractivity contribution >= 4 is 33.0 Å². The molecule has 0 fully saturated rings. The highest BCUT2D eigenvalue weighted by atomic mass is 35.5. The average Bonchev–Trinajstić information content (AvgIpc) is 2.53. The van der Waals surface area contributed by atoms with Crippen LogP contribution in [-0.4, -0.2) is 0 Å². The number of nitrogens with zero attached hydrogens (tertiary/aromatic N) is 1. The molecule has 0 aliphatic carbocycles. The fraction of sp³-hybridized carbons (Fsp3) is 0.100. The number of benzene rings is 1. The Kier molecular flexibility index (Phi) is 1.99. The van der Waals surface area contributed by atoms with E-state index in [9.17, 15) is 0 Å². The molecule has 0 aliphatic rings. The zero-order valence-electron chi connectivity index (χ0n) is 6.97. The van der Waals surface area contributed by atoms with E-state index in [0.29, 0.717) is 10.6 Å². The molecule has 0 unspecified atom stereocenters. The predicted molar refractivity (Wildman–Crippen MR) is 56.3 cm³/mol. The van der Waals surface area contributed by atoms with Crippen molar-refractivity contribution in [2.75, 3.05) is 0 Å². The Balaban J connectivity index is 2.95. The molecule has 0 spiro atoms. The summed E-state index contributed by atoms with van der Waals surface area (Å²) in [4.78, 5) is 0. The highest BCUT2D eigenvalue weighted by Gasteiger charge is 2.08. The van der Waals surface area contributed by atoms with E-state index in [1.54, 1.807) is 11.3 Å². The molecule has 0 bridgehead atoms. The van der Waals surface area contributed by atoms with Crippen molar-refractivity contribution in [3.8, 4) is 6.07 Å². The first-order chi connectivity index (χ1) is 6.24. The summed E-state index contributed by atoms with van der Waals surface area (Å²) in [6.45, 7) is 1.93. The number of nitriles is 1. The monoisotopic (exact) mass is 207 g/mol. The Morgan fingerprint density at radius 3 is 3.00 bits per heavy atom. The van der Waals surface area contributed by atoms with E-state index in [1.165, 1.54) is 0 Å². The Bertz CT molecular complexity index is 507. The fourth-order valence-corrected chi connectivity index (χ4v) is 2.57. The van der Waals surface area contributed by atoms with E-state index in [0.717, 1.165) is 15.6 Å². The number of halogens is 1. The summed E-state index contributed by atoms with van der Waals surface area (Å²) in [7, 11) is 0. The summed E-state index contributed by atoms with van der Waals surface area (Å²) in [6.07, 6.45) is 0. The van der Waals surface area contributed by atoms with E-state index in [4.69, 9.17) is 16.9 Å². The van der Waals surface area contributed by atoms with Crippen LogP contribution in [0.25, 0.3) is 10.1 Å². The second-order valence-corrected chi connectivity index (χ2v) is 4.13. The Morgan fingerprint density at radius 2 is 2.31 bits per heavy atom. The minimum Gasteiger partial charge on any atom is -0.192 e. The third kappa shape index (κ3) is 1.21. The topological polar surface area (TPSA) is 23.8 Å². The third-order valence-corrected chi connectivity index (χ3v) is 3.39. The van der Waals surface area contributed by atoms with E-state index < -0.39 is 0 Å². The van der Waals surface area contributed by atoms with Gasteiger partial charge in [0.1, 0.15) is 6.07 Å². The lowest BCUT2D eigenvalue weighted by molar-refractivity contribution is 1.44. The maximum absolute atomic E-state index is 8.87. The van der Waals surface area contributed by atoms with E-state index in [-0.39, 0.29) is 0 Å². The molecule has 0 saturated carbocycles. The molecule has 2 aromatic rings. The van der Waals surface area contributed by atoms with Crippen LogP contribution in [0.3, 0.4) is 0 Å². The van der Waals surface area contributed by atoms with Crippen LogP contribution in [0.15, 0.2) is 17.5 Å². The van der Waals surface area contributed by atoms with E-state index >= 15 is 0 Å². The lowest BCUT2D eigenvalue weighted by atomic mass is 10.1. The molecule has 0 N–H and O–H groups in total. The molecule has 1 aromatic heterocycles. The zero-order valence-corrected chi connectivity index (χ0v) is 8.54. The highest BCUT2D eigenvalue weighted by Crippen LogP contribution is 2.31. The van der Waals surface area contributed by atoms with Gasteiger partial charge in [0.25, 0.3) is 0 Å². The number of hydrogen-bond acceptors (Lipinski definition) is 2. The molecule has 0 atom stereocenters. The summed E-state index contributed by atoms with van der Waals surface area (Å²) in [5.41, 5.74) is 1.58. The van der Waals surface area contributed by atoms with Crippen LogP contribution in [0.2, 0.25) is 5.02 Å². The lowest BCUT2D eigenvalue weighted by Gasteiger charge is -2.01. The number of hydrogen-bond donors (Lipinski definition) is 0. The van der Waals surface area contributed by atoms with Gasteiger partial charge < -0.3 is 0 Å². The summed E-state index contributed by atoms with van der Waals surface area (Å²) < 4.78 is 1.15. The Morgan fingerprint density at radius 1 is 1.54 bits per heavy atom. The SMILES string of the molecule is Cc1c(C#N)c(Cl)cc2ccsc12. The summed E-state index contributed by atoms with van der Waals surface area (Å²) in [6, 6.07) is 5.98. The van der Waals surface area contributed by atoms with Gasteiger partial charge >= 0.3 is 0 Å². The smallest absolute Gasteiger partial charge is 0.101 e. The molecule has 0 amide bonds. The van der Waals surface area contributed by atoms with Crippen molar-refractivity contribution in [3.05, 3.63) is 33.7 Å². The summed E-state index contributed by atoms with van der Waals surface area (Å²) in [5, 5.41) is 12.5. The van der Waals surface area contributed by atoms with Crippen molar-refractivity contribution < 1.29 is 0 Å². The molecular formula is C10H6ClNS. The number of aryl methyl sites for hydroxylation is 1. The Hall–Kier alpha value is -1.04. The zero-order chi connectivity index (χ0) is 9.42. The maximum Gasteiger partial charge on any atom is 0.101 e. The average molecular weight is 208 g/mol. The second kappa shape index (κ2) is 3.02. The Labute approximate surface area is 85.2 Å². The van der Waals surface area contributed by atoms with Gasteiger partial charge in [-0.1, -0.05) is 11.6 Å². The standard InChI is InChI=1S/C10H6ClNS/c1-6-8(5-12)9(11)4-7-2-3-13-10(6)7/h2-4H,1H3. The van der Waals surface area contributed by atoms with Gasteiger partial charge in [0.2, 0.25) is 0 Å². The van der Waals surface area contributed by atoms with Crippen LogP contribution >= 0.6 is 22.9 Å². The molecule has 0 radical (unpaired) electrons. The van der Waals surface area contributed by atoms with Gasteiger partial charge in [-0.15, -0.1) is 11.3 Å². The molecule has 2 rings (SSSR count). The minimum atomic E-state index is 0.547. The van der Waals surface area contributed by atoms with Crippen LogP contribution < -0.4 is 0 Å². The number of fused-ring (bicyclic) bond motifs is 1. The quantitative estimate of drug-likeness (QED) is 0.646. The first-order valence-electron chi connectivity index (χ1n) is 3.80. The number of rotatable bonds is 0. The largest absolute Gasteiger partial charge is 0.192 e. The highest BCUT2D eigenvalue weighted by molar-refractivity contribution is 7.17. The van der Waals surface area contributed by atoms with Crippen molar-refractivity contribution in [1.29, 1.82) is 5.26 Å². The normalized spacial score (nSPS) is 10.2.